The maximum atomic E-state index is 14.4. The van der Waals surface area contributed by atoms with Crippen LogP contribution in [0.3, 0.4) is 0 Å². The number of halogens is 8. The second kappa shape index (κ2) is 16.2. The average molecular weight is 772 g/mol. The van der Waals surface area contributed by atoms with Crippen LogP contribution in [0, 0.1) is 0 Å². The highest BCUT2D eigenvalue weighted by molar-refractivity contribution is 6.32. The number of hydrogen-bond donors (Lipinski definition) is 2. The summed E-state index contributed by atoms with van der Waals surface area (Å²) >= 11 is 6.39. The highest BCUT2D eigenvalue weighted by Crippen LogP contribution is 2.49. The summed E-state index contributed by atoms with van der Waals surface area (Å²) in [4.78, 5) is 36.1. The number of nitrogens with two attached hydrogens (primary N) is 1. The van der Waals surface area contributed by atoms with Gasteiger partial charge < -0.3 is 15.8 Å². The van der Waals surface area contributed by atoms with E-state index in [1.165, 1.54) is 48.7 Å². The van der Waals surface area contributed by atoms with Crippen LogP contribution in [0.4, 0.5) is 35.5 Å². The summed E-state index contributed by atoms with van der Waals surface area (Å²) in [6, 6.07) is 8.19. The van der Waals surface area contributed by atoms with Crippen LogP contribution in [0.15, 0.2) is 66.2 Å². The number of rotatable bonds is 14. The molecule has 1 aliphatic rings. The Kier molecular flexibility index (Phi) is 11.9. The predicted molar refractivity (Wildman–Crippen MR) is 178 cm³/mol. The lowest BCUT2D eigenvalue weighted by atomic mass is 10.0. The van der Waals surface area contributed by atoms with Gasteiger partial charge >= 0.3 is 18.8 Å². The van der Waals surface area contributed by atoms with Crippen LogP contribution in [0.5, 0.6) is 0 Å². The first-order valence-electron chi connectivity index (χ1n) is 16.2. The Balaban J connectivity index is 1.56. The van der Waals surface area contributed by atoms with Crippen molar-refractivity contribution < 1.29 is 45.1 Å². The van der Waals surface area contributed by atoms with E-state index in [1.807, 2.05) is 12.2 Å². The summed E-state index contributed by atoms with van der Waals surface area (Å²) in [6.07, 6.45) is -4.58. The molecular formula is C33H33ClF7N9O3. The quantitative estimate of drug-likeness (QED) is 0.0581. The molecule has 2 amide bonds. The number of aliphatic imine (C=N–C) groups is 1. The summed E-state index contributed by atoms with van der Waals surface area (Å²) < 4.78 is 101. The molecule has 0 bridgehead atoms. The van der Waals surface area contributed by atoms with E-state index in [0.29, 0.717) is 22.2 Å². The molecule has 0 saturated heterocycles. The van der Waals surface area contributed by atoms with E-state index < -0.39 is 55.2 Å². The third kappa shape index (κ3) is 8.89. The van der Waals surface area contributed by atoms with Gasteiger partial charge in [0.25, 0.3) is 12.3 Å². The van der Waals surface area contributed by atoms with Crippen LogP contribution >= 0.6 is 11.6 Å². The Morgan fingerprint density at radius 1 is 1.08 bits per heavy atom. The second-order valence-corrected chi connectivity index (χ2v) is 12.5. The topological polar surface area (TPSA) is 146 Å². The molecule has 53 heavy (non-hydrogen) atoms. The number of alkyl carbamates (subject to hydrolysis) is 1. The van der Waals surface area contributed by atoms with Crippen LogP contribution in [0.2, 0.25) is 5.02 Å². The third-order valence-corrected chi connectivity index (χ3v) is 8.76. The Morgan fingerprint density at radius 3 is 2.40 bits per heavy atom. The summed E-state index contributed by atoms with van der Waals surface area (Å²) in [5.74, 6) is -1.94. The van der Waals surface area contributed by atoms with Gasteiger partial charge in [-0.25, -0.2) is 27.9 Å². The summed E-state index contributed by atoms with van der Waals surface area (Å²) in [7, 11) is 0. The fourth-order valence-electron chi connectivity index (χ4n) is 5.37. The van der Waals surface area contributed by atoms with Crippen LogP contribution in [-0.4, -0.2) is 72.3 Å². The number of carbonyl (C=O) groups is 2. The summed E-state index contributed by atoms with van der Waals surface area (Å²) in [5.41, 5.74) is 4.71. The average Bonchev–Trinajstić information content (AvgIpc) is 3.49. The minimum absolute atomic E-state index is 0.00406. The molecule has 5 rings (SSSR count). The Morgan fingerprint density at radius 2 is 1.79 bits per heavy atom. The molecule has 1 fully saturated rings. The first kappa shape index (κ1) is 39.0. The van der Waals surface area contributed by atoms with E-state index in [2.05, 4.69) is 20.2 Å². The van der Waals surface area contributed by atoms with Crippen molar-refractivity contribution >= 4 is 29.6 Å². The van der Waals surface area contributed by atoms with Crippen LogP contribution in [-0.2, 0) is 4.74 Å². The zero-order valence-electron chi connectivity index (χ0n) is 27.9. The lowest BCUT2D eigenvalue weighted by Gasteiger charge is -2.32. The number of unbranched alkanes of at least 4 members (excludes halogenated alkanes) is 2. The number of aromatic nitrogens is 5. The van der Waals surface area contributed by atoms with Crippen molar-refractivity contribution in [3.8, 4) is 16.8 Å². The molecule has 3 N–H and O–H groups in total. The van der Waals surface area contributed by atoms with E-state index in [1.54, 1.807) is 0 Å². The lowest BCUT2D eigenvalue weighted by Crippen LogP contribution is -2.49. The molecular weight excluding hydrogens is 739 g/mol. The zero-order valence-corrected chi connectivity index (χ0v) is 28.7. The molecule has 4 aromatic rings. The van der Waals surface area contributed by atoms with Crippen molar-refractivity contribution in [1.29, 1.82) is 0 Å². The molecule has 0 radical (unpaired) electrons. The Bertz CT molecular complexity index is 1930. The highest BCUT2D eigenvalue weighted by Gasteiger charge is 2.64. The van der Waals surface area contributed by atoms with Crippen molar-refractivity contribution in [2.24, 2.45) is 10.7 Å². The van der Waals surface area contributed by atoms with Gasteiger partial charge in [-0.15, -0.1) is 0 Å². The largest absolute Gasteiger partial charge is 0.447 e. The standard InChI is InChI=1S/C33H33ClF7N9O3/c1-2-3-4-13-43-30(42)49(28(51)20-7-5-19(6-8-20)22-15-45-48(16-22)29(37)38)25(17-53-31(52)47-32(11-12-32)33(39,40)41)21-9-10-23(34)24(14-21)50-27(26(35)36)44-18-46-50/h5-10,14-16,18,25-26,29H,2-4,11-13,17H2,1H3,(H2,42,43)(H,47,52)/t25-/m1/s1. The van der Waals surface area contributed by atoms with E-state index in [4.69, 9.17) is 22.1 Å². The van der Waals surface area contributed by atoms with E-state index in [0.717, 1.165) is 34.9 Å². The highest BCUT2D eigenvalue weighted by atomic mass is 35.5. The number of ether oxygens (including phenoxy) is 1. The van der Waals surface area contributed by atoms with Gasteiger partial charge in [-0.1, -0.05) is 49.6 Å². The smallest absolute Gasteiger partial charge is 0.411 e. The van der Waals surface area contributed by atoms with Gasteiger partial charge in [-0.3, -0.25) is 14.7 Å². The Labute approximate surface area is 302 Å². The number of nitrogens with zero attached hydrogens (tertiary/aromatic N) is 7. The third-order valence-electron chi connectivity index (χ3n) is 8.44. The Hall–Kier alpha value is -5.20. The predicted octanol–water partition coefficient (Wildman–Crippen LogP) is 7.63. The SMILES string of the molecule is CCCCCN=C(N)N(C(=O)c1ccc(-c2cnn(C(F)F)c2)cc1)[C@H](COC(=O)NC1(C(F)(F)F)CC1)c1ccc(Cl)c(-n2ncnc2C(F)F)c1. The van der Waals surface area contributed by atoms with E-state index in [-0.39, 0.29) is 47.2 Å². The van der Waals surface area contributed by atoms with Gasteiger partial charge in [0.2, 0.25) is 0 Å². The second-order valence-electron chi connectivity index (χ2n) is 12.0. The normalized spacial score (nSPS) is 14.7. The maximum Gasteiger partial charge on any atom is 0.411 e. The van der Waals surface area contributed by atoms with Gasteiger partial charge in [0.05, 0.1) is 22.9 Å². The van der Waals surface area contributed by atoms with E-state index >= 15 is 0 Å². The molecule has 284 valence electrons. The fraction of sp³-hybridized carbons (Fsp3) is 0.394. The van der Waals surface area contributed by atoms with Gasteiger partial charge in [0.1, 0.15) is 18.5 Å². The molecule has 2 aromatic carbocycles. The zero-order chi connectivity index (χ0) is 38.5. The van der Waals surface area contributed by atoms with Gasteiger partial charge in [-0.05, 0) is 54.7 Å². The number of amides is 2. The first-order valence-corrected chi connectivity index (χ1v) is 16.6. The maximum absolute atomic E-state index is 14.4. The van der Waals surface area contributed by atoms with Crippen LogP contribution in [0.1, 0.15) is 79.8 Å². The minimum atomic E-state index is -4.75. The molecule has 2 heterocycles. The minimum Gasteiger partial charge on any atom is -0.447 e. The summed E-state index contributed by atoms with van der Waals surface area (Å²) in [5, 5.41) is 9.24. The first-order chi connectivity index (χ1) is 25.2. The molecule has 12 nitrogen and oxygen atoms in total. The van der Waals surface area contributed by atoms with Gasteiger partial charge in [0, 0.05) is 23.9 Å². The van der Waals surface area contributed by atoms with E-state index in [9.17, 15) is 40.3 Å². The van der Waals surface area contributed by atoms with Crippen molar-refractivity contribution in [1.82, 2.24) is 34.8 Å². The van der Waals surface area contributed by atoms with Crippen LogP contribution in [0.25, 0.3) is 16.8 Å². The molecule has 0 spiro atoms. The van der Waals surface area contributed by atoms with Crippen LogP contribution < -0.4 is 11.1 Å². The number of benzene rings is 2. The van der Waals surface area contributed by atoms with Gasteiger partial charge in [-0.2, -0.15) is 32.1 Å². The number of guanidine groups is 1. The molecule has 0 aliphatic heterocycles. The molecule has 1 atom stereocenters. The van der Waals surface area contributed by atoms with Gasteiger partial charge in [0.15, 0.2) is 11.8 Å². The van der Waals surface area contributed by atoms with Crippen molar-refractivity contribution in [2.75, 3.05) is 13.2 Å². The van der Waals surface area contributed by atoms with Crippen molar-refractivity contribution in [3.63, 3.8) is 0 Å². The van der Waals surface area contributed by atoms with Crippen molar-refractivity contribution in [2.45, 2.75) is 69.8 Å². The molecule has 20 heteroatoms. The summed E-state index contributed by atoms with van der Waals surface area (Å²) in [6.45, 7) is -1.54. The lowest BCUT2D eigenvalue weighted by molar-refractivity contribution is -0.164. The number of alkyl halides is 7. The molecule has 2 aromatic heterocycles. The number of carbonyl (C=O) groups excluding carboxylic acids is 2. The monoisotopic (exact) mass is 771 g/mol. The molecule has 1 aliphatic carbocycles. The number of hydrogen-bond acceptors (Lipinski definition) is 7. The fourth-order valence-corrected chi connectivity index (χ4v) is 5.57. The molecule has 0 unspecified atom stereocenters. The number of nitrogens with one attached hydrogen (secondary N) is 1. The van der Waals surface area contributed by atoms with Crippen molar-refractivity contribution in [3.05, 3.63) is 83.2 Å². The molecule has 1 saturated carbocycles.